The first-order valence-corrected chi connectivity index (χ1v) is 1.19. The highest BCUT2D eigenvalue weighted by molar-refractivity contribution is 5.85. The third kappa shape index (κ3) is 5.32. The van der Waals surface area contributed by atoms with Gasteiger partial charge in [0, 0.05) is 0 Å². The van der Waals surface area contributed by atoms with Gasteiger partial charge in [-0.1, -0.05) is 5.11 Å². The second kappa shape index (κ2) is 5.32. The number of rotatable bonds is 0. The Morgan fingerprint density at radius 3 is 2.29 bits per heavy atom. The summed E-state index contributed by atoms with van der Waals surface area (Å²) in [5.41, 5.74) is 7.56. The fourth-order valence-electron chi connectivity index (χ4n) is 0.0323. The molecule has 2 amide bonds. The smallest absolute Gasteiger partial charge is 0.273 e. The second-order valence-corrected chi connectivity index (χ2v) is 0.561. The van der Waals surface area contributed by atoms with Crippen LogP contribution in [0.1, 0.15) is 0 Å². The summed E-state index contributed by atoms with van der Waals surface area (Å²) in [6.07, 6.45) is 0. The normalized spacial score (nSPS) is 5.86. The lowest BCUT2D eigenvalue weighted by Gasteiger charge is -1.80. The molecule has 6 heteroatoms. The standard InChI is InChI=1S/CH4N4O.ClH/c2-4-1(6)5-3;/h2H,3H2,(H,5,6);1H. The second-order valence-electron chi connectivity index (χ2n) is 0.561. The number of nitrogens with two attached hydrogens (primary N) is 1. The van der Waals surface area contributed by atoms with Crippen molar-refractivity contribution in [2.45, 2.75) is 0 Å². The zero-order chi connectivity index (χ0) is 4.99. The van der Waals surface area contributed by atoms with Crippen LogP contribution in [0, 0.1) is 5.53 Å². The van der Waals surface area contributed by atoms with Gasteiger partial charge in [0.25, 0.3) is 0 Å². The van der Waals surface area contributed by atoms with E-state index in [0.29, 0.717) is 0 Å². The maximum atomic E-state index is 9.59. The molecule has 0 spiro atoms. The van der Waals surface area contributed by atoms with E-state index in [0.717, 1.165) is 0 Å². The van der Waals surface area contributed by atoms with E-state index in [1.165, 1.54) is 0 Å². The molecule has 0 fully saturated rings. The zero-order valence-corrected chi connectivity index (χ0v) is 4.16. The van der Waals surface area contributed by atoms with Crippen LogP contribution in [-0.4, -0.2) is 6.03 Å². The first-order chi connectivity index (χ1) is 2.81. The molecule has 0 radical (unpaired) electrons. The summed E-state index contributed by atoms with van der Waals surface area (Å²) in [7, 11) is 0. The largest absolute Gasteiger partial charge is 0.373 e. The van der Waals surface area contributed by atoms with Crippen LogP contribution < -0.4 is 11.3 Å². The lowest BCUT2D eigenvalue weighted by atomic mass is 11.1. The van der Waals surface area contributed by atoms with Crippen molar-refractivity contribution in [3.63, 3.8) is 0 Å². The van der Waals surface area contributed by atoms with Crippen molar-refractivity contribution in [1.82, 2.24) is 5.43 Å². The molecule has 0 heterocycles. The fourth-order valence-corrected chi connectivity index (χ4v) is 0.0323. The monoisotopic (exact) mass is 124 g/mol. The predicted molar refractivity (Wildman–Crippen MR) is 25.1 cm³/mol. The van der Waals surface area contributed by atoms with E-state index < -0.39 is 6.03 Å². The Kier molecular flexibility index (Phi) is 7.28. The summed E-state index contributed by atoms with van der Waals surface area (Å²) in [5, 5.41) is 2.38. The van der Waals surface area contributed by atoms with Gasteiger partial charge in [0.05, 0.1) is 0 Å². The molecular formula is CH5ClN4O. The molecule has 0 aromatic rings. The Labute approximate surface area is 46.2 Å². The summed E-state index contributed by atoms with van der Waals surface area (Å²) in [4.78, 5) is 9.59. The van der Waals surface area contributed by atoms with Gasteiger partial charge in [0.15, 0.2) is 0 Å². The first kappa shape index (κ1) is 9.58. The lowest BCUT2D eigenvalue weighted by Crippen LogP contribution is -2.26. The van der Waals surface area contributed by atoms with Crippen molar-refractivity contribution in [1.29, 1.82) is 5.53 Å². The van der Waals surface area contributed by atoms with Crippen LogP contribution in [0.25, 0.3) is 0 Å². The van der Waals surface area contributed by atoms with Crippen molar-refractivity contribution < 1.29 is 4.79 Å². The number of carbonyl (C=O) groups is 1. The molecule has 7 heavy (non-hydrogen) atoms. The number of hydrogen-bond donors (Lipinski definition) is 3. The molecule has 0 aliphatic carbocycles. The molecule has 0 aromatic carbocycles. The van der Waals surface area contributed by atoms with Crippen molar-refractivity contribution in [2.24, 2.45) is 11.0 Å². The van der Waals surface area contributed by atoms with E-state index in [1.54, 1.807) is 5.43 Å². The van der Waals surface area contributed by atoms with Gasteiger partial charge in [-0.3, -0.25) is 5.43 Å². The van der Waals surface area contributed by atoms with E-state index >= 15 is 0 Å². The summed E-state index contributed by atoms with van der Waals surface area (Å²) < 4.78 is 0. The summed E-state index contributed by atoms with van der Waals surface area (Å²) in [6, 6.07) is -0.838. The number of halogens is 1. The molecule has 0 rings (SSSR count). The molecule has 0 atom stereocenters. The molecule has 0 bridgehead atoms. The van der Waals surface area contributed by atoms with E-state index in [9.17, 15) is 4.79 Å². The summed E-state index contributed by atoms with van der Waals surface area (Å²) in [5.74, 6) is 4.47. The number of amides is 2. The Bertz CT molecular complexity index is 72.1. The van der Waals surface area contributed by atoms with Gasteiger partial charge in [-0.05, 0) is 0 Å². The van der Waals surface area contributed by atoms with E-state index in [-0.39, 0.29) is 12.4 Å². The number of hydrogen-bond acceptors (Lipinski definition) is 3. The highest BCUT2D eigenvalue weighted by atomic mass is 35.5. The maximum Gasteiger partial charge on any atom is 0.373 e. The van der Waals surface area contributed by atoms with Gasteiger partial charge in [-0.25, -0.2) is 10.6 Å². The molecule has 0 aromatic heterocycles. The molecule has 0 unspecified atom stereocenters. The Hall–Kier alpha value is -0.680. The summed E-state index contributed by atoms with van der Waals surface area (Å²) in [6.45, 7) is 0. The first-order valence-electron chi connectivity index (χ1n) is 1.19. The van der Waals surface area contributed by atoms with E-state index in [2.05, 4.69) is 11.0 Å². The molecule has 0 saturated heterocycles. The molecule has 0 aliphatic rings. The van der Waals surface area contributed by atoms with Gasteiger partial charge in [-0.2, -0.15) is 5.53 Å². The number of nitrogens with one attached hydrogen (secondary N) is 2. The van der Waals surface area contributed by atoms with Gasteiger partial charge in [-0.15, -0.1) is 12.4 Å². The number of hydrazine groups is 1. The Balaban J connectivity index is 0. The third-order valence-corrected chi connectivity index (χ3v) is 0.225. The minimum absolute atomic E-state index is 0. The molecular weight excluding hydrogens is 119 g/mol. The predicted octanol–water partition coefficient (Wildman–Crippen LogP) is 0.0225. The quantitative estimate of drug-likeness (QED) is 0.184. The zero-order valence-electron chi connectivity index (χ0n) is 3.34. The van der Waals surface area contributed by atoms with Crippen LogP contribution in [0.15, 0.2) is 5.11 Å². The average molecular weight is 125 g/mol. The molecule has 42 valence electrons. The highest BCUT2D eigenvalue weighted by Gasteiger charge is 1.83. The lowest BCUT2D eigenvalue weighted by molar-refractivity contribution is 0.247. The Morgan fingerprint density at radius 1 is 1.86 bits per heavy atom. The van der Waals surface area contributed by atoms with Gasteiger partial charge < -0.3 is 0 Å². The topological polar surface area (TPSA) is 91.3 Å². The van der Waals surface area contributed by atoms with E-state index in [4.69, 9.17) is 5.53 Å². The third-order valence-electron chi connectivity index (χ3n) is 0.225. The molecule has 0 saturated carbocycles. The van der Waals surface area contributed by atoms with Crippen LogP contribution in [0.5, 0.6) is 0 Å². The maximum absolute atomic E-state index is 9.59. The average Bonchev–Trinajstić information content (AvgIpc) is 1.65. The van der Waals surface area contributed by atoms with Crippen molar-refractivity contribution in [3.05, 3.63) is 0 Å². The number of nitrogens with zero attached hydrogens (tertiary/aromatic N) is 1. The van der Waals surface area contributed by atoms with Crippen LogP contribution >= 0.6 is 12.4 Å². The fraction of sp³-hybridized carbons (Fsp3) is 0. The molecule has 5 nitrogen and oxygen atoms in total. The number of carbonyl (C=O) groups excluding carboxylic acids is 1. The molecule has 0 aliphatic heterocycles. The van der Waals surface area contributed by atoms with Crippen LogP contribution in [0.3, 0.4) is 0 Å². The van der Waals surface area contributed by atoms with Crippen LogP contribution in [0.4, 0.5) is 4.79 Å². The van der Waals surface area contributed by atoms with Gasteiger partial charge in [0.1, 0.15) is 0 Å². The highest BCUT2D eigenvalue weighted by Crippen LogP contribution is 1.61. The summed E-state index contributed by atoms with van der Waals surface area (Å²) >= 11 is 0. The van der Waals surface area contributed by atoms with Crippen molar-refractivity contribution in [3.8, 4) is 0 Å². The number of urea groups is 1. The van der Waals surface area contributed by atoms with Crippen LogP contribution in [-0.2, 0) is 0 Å². The van der Waals surface area contributed by atoms with Gasteiger partial charge in [0.2, 0.25) is 0 Å². The van der Waals surface area contributed by atoms with Crippen molar-refractivity contribution in [2.75, 3.05) is 0 Å². The van der Waals surface area contributed by atoms with Gasteiger partial charge >= 0.3 is 6.03 Å². The van der Waals surface area contributed by atoms with Crippen molar-refractivity contribution >= 4 is 18.4 Å². The van der Waals surface area contributed by atoms with Crippen LogP contribution in [0.2, 0.25) is 0 Å². The molecule has 4 N–H and O–H groups in total. The SMILES string of the molecule is Cl.N=NC(=O)NN. The minimum atomic E-state index is -0.838. The minimum Gasteiger partial charge on any atom is -0.273 e. The van der Waals surface area contributed by atoms with E-state index in [1.807, 2.05) is 0 Å². The Morgan fingerprint density at radius 2 is 2.29 bits per heavy atom.